The summed E-state index contributed by atoms with van der Waals surface area (Å²) in [5.41, 5.74) is 4.59. The van der Waals surface area contributed by atoms with Crippen LogP contribution in [0, 0.1) is 6.92 Å². The van der Waals surface area contributed by atoms with Gasteiger partial charge in [0.2, 0.25) is 0 Å². The maximum absolute atomic E-state index is 13.1. The van der Waals surface area contributed by atoms with Crippen LogP contribution in [0.2, 0.25) is 0 Å². The number of hydrogen-bond donors (Lipinski definition) is 1. The van der Waals surface area contributed by atoms with E-state index in [-0.39, 0.29) is 5.91 Å². The lowest BCUT2D eigenvalue weighted by Gasteiger charge is -2.12. The molecule has 0 aliphatic carbocycles. The molecule has 2 aromatic carbocycles. The van der Waals surface area contributed by atoms with Gasteiger partial charge in [-0.2, -0.15) is 5.10 Å². The predicted octanol–water partition coefficient (Wildman–Crippen LogP) is 5.35. The lowest BCUT2D eigenvalue weighted by molar-refractivity contribution is 0.102. The van der Waals surface area contributed by atoms with Crippen molar-refractivity contribution in [3.05, 3.63) is 95.9 Å². The van der Waals surface area contributed by atoms with E-state index in [0.717, 1.165) is 11.4 Å². The van der Waals surface area contributed by atoms with E-state index in [4.69, 9.17) is 0 Å². The van der Waals surface area contributed by atoms with Crippen LogP contribution in [0.5, 0.6) is 0 Å². The summed E-state index contributed by atoms with van der Waals surface area (Å²) in [6, 6.07) is 19.9. The van der Waals surface area contributed by atoms with E-state index in [1.807, 2.05) is 84.5 Å². The van der Waals surface area contributed by atoms with E-state index in [0.29, 0.717) is 17.3 Å². The first kappa shape index (κ1) is 18.7. The minimum atomic E-state index is -0.190. The van der Waals surface area contributed by atoms with Crippen LogP contribution in [0.25, 0.3) is 11.5 Å². The Hall–Kier alpha value is -3.60. The van der Waals surface area contributed by atoms with Gasteiger partial charge in [-0.05, 0) is 54.8 Å². The zero-order chi connectivity index (χ0) is 20.4. The molecule has 0 aliphatic heterocycles. The molecule has 0 saturated heterocycles. The number of anilines is 1. The number of carbonyl (C=O) groups is 1. The van der Waals surface area contributed by atoms with Crippen LogP contribution in [0.15, 0.2) is 79.3 Å². The summed E-state index contributed by atoms with van der Waals surface area (Å²) in [4.78, 5) is 13.1. The molecule has 5 heteroatoms. The van der Waals surface area contributed by atoms with Gasteiger partial charge in [0.05, 0.1) is 11.9 Å². The van der Waals surface area contributed by atoms with Gasteiger partial charge in [-0.25, -0.2) is 4.68 Å². The Kier molecular flexibility index (Phi) is 5.04. The minimum absolute atomic E-state index is 0.190. The molecule has 0 fully saturated rings. The number of aromatic nitrogens is 3. The molecule has 4 rings (SSSR count). The molecule has 0 bridgehead atoms. The number of nitrogens with one attached hydrogen (secondary N) is 1. The van der Waals surface area contributed by atoms with Gasteiger partial charge in [-0.15, -0.1) is 0 Å². The molecule has 0 saturated carbocycles. The Morgan fingerprint density at radius 3 is 2.24 bits per heavy atom. The van der Waals surface area contributed by atoms with E-state index >= 15 is 0 Å². The first-order valence-corrected chi connectivity index (χ1v) is 9.72. The average molecular weight is 384 g/mol. The fraction of sp³-hybridized carbons (Fsp3) is 0.167. The molecule has 2 heterocycles. The van der Waals surface area contributed by atoms with Crippen molar-refractivity contribution in [3.8, 4) is 11.5 Å². The van der Waals surface area contributed by atoms with Crippen LogP contribution in [0.1, 0.15) is 41.3 Å². The number of rotatable bonds is 5. The van der Waals surface area contributed by atoms with Crippen molar-refractivity contribution in [2.75, 3.05) is 5.32 Å². The number of aryl methyl sites for hydroxylation is 1. The minimum Gasteiger partial charge on any atom is -0.322 e. The third-order valence-electron chi connectivity index (χ3n) is 4.95. The molecule has 0 atom stereocenters. The summed E-state index contributed by atoms with van der Waals surface area (Å²) in [5, 5.41) is 7.50. The second-order valence-electron chi connectivity index (χ2n) is 7.45. The molecular weight excluding hydrogens is 360 g/mol. The topological polar surface area (TPSA) is 51.9 Å². The summed E-state index contributed by atoms with van der Waals surface area (Å²) in [7, 11) is 0. The number of benzene rings is 2. The fourth-order valence-electron chi connectivity index (χ4n) is 3.25. The monoisotopic (exact) mass is 384 g/mol. The summed E-state index contributed by atoms with van der Waals surface area (Å²) < 4.78 is 3.69. The highest BCUT2D eigenvalue weighted by molar-refractivity contribution is 6.06. The maximum atomic E-state index is 13.1. The molecule has 0 spiro atoms. The van der Waals surface area contributed by atoms with Gasteiger partial charge in [0.15, 0.2) is 5.82 Å². The Labute approximate surface area is 170 Å². The van der Waals surface area contributed by atoms with Crippen molar-refractivity contribution in [1.82, 2.24) is 14.3 Å². The van der Waals surface area contributed by atoms with Crippen LogP contribution in [-0.4, -0.2) is 20.3 Å². The molecular formula is C24H24N4O. The highest BCUT2D eigenvalue weighted by Gasteiger charge is 2.20. The molecule has 1 N–H and O–H groups in total. The van der Waals surface area contributed by atoms with Gasteiger partial charge in [0.1, 0.15) is 5.56 Å². The number of nitrogens with zero attached hydrogens (tertiary/aromatic N) is 3. The molecule has 0 unspecified atom stereocenters. The average Bonchev–Trinajstić information content (AvgIpc) is 3.38. The molecule has 5 nitrogen and oxygen atoms in total. The molecule has 0 aliphatic rings. The zero-order valence-corrected chi connectivity index (χ0v) is 16.8. The van der Waals surface area contributed by atoms with Crippen molar-refractivity contribution in [1.29, 1.82) is 0 Å². The largest absolute Gasteiger partial charge is 0.322 e. The lowest BCUT2D eigenvalue weighted by atomic mass is 10.0. The highest BCUT2D eigenvalue weighted by Crippen LogP contribution is 2.22. The predicted molar refractivity (Wildman–Crippen MR) is 116 cm³/mol. The molecule has 4 aromatic rings. The second kappa shape index (κ2) is 7.80. The van der Waals surface area contributed by atoms with Gasteiger partial charge in [0, 0.05) is 18.1 Å². The first-order chi connectivity index (χ1) is 14.0. The number of hydrogen-bond acceptors (Lipinski definition) is 2. The van der Waals surface area contributed by atoms with Crippen LogP contribution < -0.4 is 5.32 Å². The zero-order valence-electron chi connectivity index (χ0n) is 16.8. The second-order valence-corrected chi connectivity index (χ2v) is 7.45. The Morgan fingerprint density at radius 2 is 1.62 bits per heavy atom. The summed E-state index contributed by atoms with van der Waals surface area (Å²) >= 11 is 0. The first-order valence-electron chi connectivity index (χ1n) is 9.72. The third-order valence-corrected chi connectivity index (χ3v) is 4.95. The lowest BCUT2D eigenvalue weighted by Crippen LogP contribution is -2.15. The van der Waals surface area contributed by atoms with E-state index in [9.17, 15) is 4.79 Å². The Morgan fingerprint density at radius 1 is 0.966 bits per heavy atom. The van der Waals surface area contributed by atoms with Crippen molar-refractivity contribution in [3.63, 3.8) is 0 Å². The van der Waals surface area contributed by atoms with Crippen molar-refractivity contribution in [2.45, 2.75) is 26.7 Å². The van der Waals surface area contributed by atoms with Crippen molar-refractivity contribution in [2.24, 2.45) is 0 Å². The fourth-order valence-corrected chi connectivity index (χ4v) is 3.25. The van der Waals surface area contributed by atoms with Crippen molar-refractivity contribution < 1.29 is 4.79 Å². The standard InChI is InChI=1S/C24H24N4O/c1-17(2)19-8-10-20(11-9-19)26-23(29)22-16-25-28(21-12-6-18(3)7-13-21)24(22)27-14-4-5-15-27/h4-17H,1-3H3,(H,26,29). The molecule has 0 radical (unpaired) electrons. The molecule has 29 heavy (non-hydrogen) atoms. The van der Waals surface area contributed by atoms with E-state index < -0.39 is 0 Å². The maximum Gasteiger partial charge on any atom is 0.261 e. The summed E-state index contributed by atoms with van der Waals surface area (Å²) in [6.45, 7) is 6.34. The van der Waals surface area contributed by atoms with Crippen molar-refractivity contribution >= 4 is 11.6 Å². The number of carbonyl (C=O) groups excluding carboxylic acids is 1. The molecule has 2 aromatic heterocycles. The molecule has 1 amide bonds. The van der Waals surface area contributed by atoms with E-state index in [1.54, 1.807) is 10.9 Å². The van der Waals surface area contributed by atoms with Gasteiger partial charge in [-0.3, -0.25) is 4.79 Å². The van der Waals surface area contributed by atoms with Gasteiger partial charge >= 0.3 is 0 Å². The smallest absolute Gasteiger partial charge is 0.261 e. The third kappa shape index (κ3) is 3.85. The van der Waals surface area contributed by atoms with Gasteiger partial charge < -0.3 is 9.88 Å². The van der Waals surface area contributed by atoms with Gasteiger partial charge in [0.25, 0.3) is 5.91 Å². The van der Waals surface area contributed by atoms with Crippen LogP contribution in [0.3, 0.4) is 0 Å². The SMILES string of the molecule is Cc1ccc(-n2ncc(C(=O)Nc3ccc(C(C)C)cc3)c2-n2cccc2)cc1. The van der Waals surface area contributed by atoms with E-state index in [1.165, 1.54) is 11.1 Å². The Bertz CT molecular complexity index is 1100. The highest BCUT2D eigenvalue weighted by atomic mass is 16.1. The quantitative estimate of drug-likeness (QED) is 0.504. The van der Waals surface area contributed by atoms with Gasteiger partial charge in [-0.1, -0.05) is 43.7 Å². The summed E-state index contributed by atoms with van der Waals surface area (Å²) in [6.07, 6.45) is 5.44. The van der Waals surface area contributed by atoms with Crippen LogP contribution >= 0.6 is 0 Å². The van der Waals surface area contributed by atoms with Crippen LogP contribution in [-0.2, 0) is 0 Å². The molecule has 146 valence electrons. The van der Waals surface area contributed by atoms with E-state index in [2.05, 4.69) is 24.3 Å². The van der Waals surface area contributed by atoms with Crippen LogP contribution in [0.4, 0.5) is 5.69 Å². The normalized spacial score (nSPS) is 11.0. The number of amides is 1. The summed E-state index contributed by atoms with van der Waals surface area (Å²) in [5.74, 6) is 0.965. The Balaban J connectivity index is 1.70.